The van der Waals surface area contributed by atoms with Crippen molar-refractivity contribution in [3.63, 3.8) is 0 Å². The molecule has 2 amide bonds. The predicted octanol–water partition coefficient (Wildman–Crippen LogP) is 4.88. The zero-order valence-corrected chi connectivity index (χ0v) is 25.4. The van der Waals surface area contributed by atoms with Gasteiger partial charge in [0.2, 0.25) is 11.8 Å². The van der Waals surface area contributed by atoms with Crippen molar-refractivity contribution in [2.75, 3.05) is 39.9 Å². The van der Waals surface area contributed by atoms with Crippen molar-refractivity contribution in [3.8, 4) is 17.2 Å². The summed E-state index contributed by atoms with van der Waals surface area (Å²) in [6.07, 6.45) is 0.535. The van der Waals surface area contributed by atoms with Crippen LogP contribution in [0, 0.1) is 18.6 Å². The Balaban J connectivity index is 1.30. The van der Waals surface area contributed by atoms with Gasteiger partial charge < -0.3 is 24.4 Å². The van der Waals surface area contributed by atoms with Gasteiger partial charge in [-0.05, 0) is 49.6 Å². The molecule has 14 heteroatoms. The fourth-order valence-electron chi connectivity index (χ4n) is 5.80. The molecule has 1 saturated heterocycles. The first-order valence-electron chi connectivity index (χ1n) is 15.0. The van der Waals surface area contributed by atoms with E-state index in [2.05, 4.69) is 15.5 Å². The van der Waals surface area contributed by atoms with Crippen molar-refractivity contribution in [1.29, 1.82) is 0 Å². The van der Waals surface area contributed by atoms with Crippen molar-refractivity contribution in [2.45, 2.75) is 69.8 Å². The Morgan fingerprint density at radius 1 is 1.00 bits per heavy atom. The summed E-state index contributed by atoms with van der Waals surface area (Å²) in [7, 11) is 1.58. The second-order valence-electron chi connectivity index (χ2n) is 11.4. The van der Waals surface area contributed by atoms with Gasteiger partial charge in [-0.3, -0.25) is 15.0 Å². The summed E-state index contributed by atoms with van der Waals surface area (Å²) in [5.41, 5.74) is 3.60. The number of hydrogen-bond donors (Lipinski definition) is 2. The number of hydrogen-bond acceptors (Lipinski definition) is 7. The number of amides is 2. The fourth-order valence-corrected chi connectivity index (χ4v) is 5.80. The number of ether oxygens (including phenoxy) is 3. The molecule has 1 spiro atoms. The highest BCUT2D eigenvalue weighted by atomic mass is 19.4. The Hall–Kier alpha value is -3.65. The fraction of sp³-hybridized carbons (Fsp3) is 0.548. The SMILES string of the molecule is Cc1ccc(OCCC(=O)NC2CNN(CC(=O)N(C)CCOc3ccc(F)c(OC(F)(F)F)c3)C23CCCCCC3)c(F)c1. The third-order valence-electron chi connectivity index (χ3n) is 8.19. The van der Waals surface area contributed by atoms with Gasteiger partial charge in [-0.25, -0.2) is 13.8 Å². The van der Waals surface area contributed by atoms with Gasteiger partial charge in [-0.1, -0.05) is 31.7 Å². The predicted molar refractivity (Wildman–Crippen MR) is 155 cm³/mol. The summed E-state index contributed by atoms with van der Waals surface area (Å²) in [5, 5.41) is 5.03. The van der Waals surface area contributed by atoms with E-state index in [1.54, 1.807) is 20.0 Å². The zero-order chi connectivity index (χ0) is 32.6. The van der Waals surface area contributed by atoms with Crippen molar-refractivity contribution in [2.24, 2.45) is 0 Å². The van der Waals surface area contributed by atoms with E-state index in [1.165, 1.54) is 23.1 Å². The third kappa shape index (κ3) is 9.42. The zero-order valence-electron chi connectivity index (χ0n) is 25.4. The summed E-state index contributed by atoms with van der Waals surface area (Å²) in [6, 6.07) is 7.16. The minimum absolute atomic E-state index is 0.0165. The van der Waals surface area contributed by atoms with Crippen LogP contribution < -0.4 is 25.0 Å². The smallest absolute Gasteiger partial charge is 0.492 e. The number of carbonyl (C=O) groups excluding carboxylic acids is 2. The molecular formula is C31H39F5N4O5. The molecule has 0 bridgehead atoms. The van der Waals surface area contributed by atoms with E-state index >= 15 is 0 Å². The number of likely N-dealkylation sites (N-methyl/N-ethyl adjacent to an activating group) is 1. The maximum Gasteiger partial charge on any atom is 0.573 e. The normalized spacial score (nSPS) is 18.3. The highest BCUT2D eigenvalue weighted by molar-refractivity contribution is 5.78. The molecule has 1 aliphatic carbocycles. The first-order chi connectivity index (χ1) is 21.4. The number of nitrogens with one attached hydrogen (secondary N) is 2. The molecule has 2 aliphatic rings. The molecule has 0 aromatic heterocycles. The first kappa shape index (κ1) is 34.2. The molecule has 1 saturated carbocycles. The minimum atomic E-state index is -5.05. The van der Waals surface area contributed by atoms with E-state index in [-0.39, 0.29) is 62.1 Å². The highest BCUT2D eigenvalue weighted by Crippen LogP contribution is 2.37. The molecule has 9 nitrogen and oxygen atoms in total. The second kappa shape index (κ2) is 15.1. The van der Waals surface area contributed by atoms with Crippen LogP contribution >= 0.6 is 0 Å². The van der Waals surface area contributed by atoms with E-state index in [1.807, 2.05) is 5.01 Å². The number of rotatable bonds is 12. The monoisotopic (exact) mass is 642 g/mol. The molecule has 4 rings (SSSR count). The summed E-state index contributed by atoms with van der Waals surface area (Å²) < 4.78 is 79.9. The molecular weight excluding hydrogens is 603 g/mol. The third-order valence-corrected chi connectivity index (χ3v) is 8.19. The summed E-state index contributed by atoms with van der Waals surface area (Å²) >= 11 is 0. The van der Waals surface area contributed by atoms with Gasteiger partial charge in [-0.15, -0.1) is 13.2 Å². The van der Waals surface area contributed by atoms with Crippen LogP contribution in [0.3, 0.4) is 0 Å². The molecule has 1 atom stereocenters. The van der Waals surface area contributed by atoms with Crippen LogP contribution in [0.1, 0.15) is 50.5 Å². The maximum absolute atomic E-state index is 14.1. The molecule has 2 N–H and O–H groups in total. The minimum Gasteiger partial charge on any atom is -0.492 e. The van der Waals surface area contributed by atoms with Crippen molar-refractivity contribution in [1.82, 2.24) is 20.7 Å². The second-order valence-corrected chi connectivity index (χ2v) is 11.4. The molecule has 1 unspecified atom stereocenters. The van der Waals surface area contributed by atoms with E-state index in [4.69, 9.17) is 9.47 Å². The number of benzene rings is 2. The molecule has 2 fully saturated rings. The van der Waals surface area contributed by atoms with Crippen LogP contribution in [0.25, 0.3) is 0 Å². The standard InChI is InChI=1S/C31H39F5N4O5/c1-21-7-10-25(24(33)17-21)44-15-11-28(41)38-27-19-37-40(30(27)12-5-3-4-6-13-30)20-29(42)39(2)14-16-43-22-8-9-23(32)26(18-22)45-31(34,35)36/h7-10,17-18,27,37H,3-6,11-16,19-20H2,1-2H3,(H,38,41). The van der Waals surface area contributed by atoms with Gasteiger partial charge in [0.25, 0.3) is 0 Å². The quantitative estimate of drug-likeness (QED) is 0.319. The lowest BCUT2D eigenvalue weighted by Crippen LogP contribution is -2.59. The molecule has 248 valence electrons. The summed E-state index contributed by atoms with van der Waals surface area (Å²) in [6.45, 7) is 2.32. The largest absolute Gasteiger partial charge is 0.573 e. The van der Waals surface area contributed by atoms with Crippen LogP contribution in [-0.2, 0) is 9.59 Å². The molecule has 0 radical (unpaired) electrons. The van der Waals surface area contributed by atoms with Gasteiger partial charge in [0, 0.05) is 19.7 Å². The summed E-state index contributed by atoms with van der Waals surface area (Å²) in [4.78, 5) is 27.6. The number of nitrogens with zero attached hydrogens (tertiary/aromatic N) is 2. The molecule has 1 aliphatic heterocycles. The molecule has 2 aromatic rings. The van der Waals surface area contributed by atoms with Gasteiger partial charge >= 0.3 is 6.36 Å². The Labute approximate surface area is 258 Å². The average molecular weight is 643 g/mol. The van der Waals surface area contributed by atoms with Crippen molar-refractivity contribution in [3.05, 3.63) is 53.6 Å². The Bertz CT molecular complexity index is 1320. The lowest BCUT2D eigenvalue weighted by atomic mass is 9.83. The molecule has 2 aromatic carbocycles. The van der Waals surface area contributed by atoms with Crippen LogP contribution in [0.15, 0.2) is 36.4 Å². The number of hydrazine groups is 1. The number of carbonyl (C=O) groups is 2. The van der Waals surface area contributed by atoms with E-state index in [9.17, 15) is 31.5 Å². The Kier molecular flexibility index (Phi) is 11.5. The maximum atomic E-state index is 14.1. The topological polar surface area (TPSA) is 92.4 Å². The number of halogens is 5. The van der Waals surface area contributed by atoms with Crippen LogP contribution in [0.4, 0.5) is 22.0 Å². The number of aryl methyl sites for hydroxylation is 1. The lowest BCUT2D eigenvalue weighted by molar-refractivity contribution is -0.275. The molecule has 45 heavy (non-hydrogen) atoms. The summed E-state index contributed by atoms with van der Waals surface area (Å²) in [5.74, 6) is -3.08. The van der Waals surface area contributed by atoms with E-state index < -0.39 is 29.3 Å². The van der Waals surface area contributed by atoms with Gasteiger partial charge in [-0.2, -0.15) is 0 Å². The van der Waals surface area contributed by atoms with E-state index in [0.717, 1.165) is 56.2 Å². The Morgan fingerprint density at radius 2 is 1.73 bits per heavy atom. The van der Waals surface area contributed by atoms with Crippen LogP contribution in [0.2, 0.25) is 0 Å². The van der Waals surface area contributed by atoms with Gasteiger partial charge in [0.1, 0.15) is 12.4 Å². The molecule has 1 heterocycles. The average Bonchev–Trinajstić information content (AvgIpc) is 3.12. The van der Waals surface area contributed by atoms with Gasteiger partial charge in [0.15, 0.2) is 23.1 Å². The highest BCUT2D eigenvalue weighted by Gasteiger charge is 2.49. The lowest BCUT2D eigenvalue weighted by Gasteiger charge is -2.41. The van der Waals surface area contributed by atoms with Crippen molar-refractivity contribution >= 4 is 11.8 Å². The first-order valence-corrected chi connectivity index (χ1v) is 15.0. The van der Waals surface area contributed by atoms with Crippen LogP contribution in [0.5, 0.6) is 17.2 Å². The van der Waals surface area contributed by atoms with Crippen LogP contribution in [-0.4, -0.2) is 79.6 Å². The Morgan fingerprint density at radius 3 is 2.42 bits per heavy atom. The van der Waals surface area contributed by atoms with E-state index in [0.29, 0.717) is 6.54 Å². The van der Waals surface area contributed by atoms with Gasteiger partial charge in [0.05, 0.1) is 37.7 Å². The number of alkyl halides is 3. The van der Waals surface area contributed by atoms with Crippen molar-refractivity contribution < 1.29 is 45.8 Å².